The zero-order valence-corrected chi connectivity index (χ0v) is 46.8. The number of nitrogens with zero attached hydrogens (tertiary/aromatic N) is 13. The maximum atomic E-state index is 14.0. The van der Waals surface area contributed by atoms with Gasteiger partial charge < -0.3 is 43.9 Å². The first kappa shape index (κ1) is 55.6. The van der Waals surface area contributed by atoms with Crippen LogP contribution in [0.5, 0.6) is 0 Å². The molecule has 0 unspecified atom stereocenters. The first-order valence-electron chi connectivity index (χ1n) is 27.0. The molecule has 0 radical (unpaired) electrons. The number of fused-ring (bicyclic) bond motifs is 2. The molecule has 416 valence electrons. The summed E-state index contributed by atoms with van der Waals surface area (Å²) in [5.74, 6) is 3.24. The third kappa shape index (κ3) is 13.2. The van der Waals surface area contributed by atoms with Gasteiger partial charge in [-0.1, -0.05) is 52.3 Å². The van der Waals surface area contributed by atoms with Crippen LogP contribution in [0.15, 0.2) is 122 Å². The van der Waals surface area contributed by atoms with E-state index in [1.807, 2.05) is 82.1 Å². The molecular weight excluding hydrogens is 1070 g/mol. The van der Waals surface area contributed by atoms with Crippen molar-refractivity contribution in [2.24, 2.45) is 0 Å². The number of ether oxygens (including phenoxy) is 4. The number of benzene rings is 2. The second-order valence-electron chi connectivity index (χ2n) is 19.8. The molecule has 4 aliphatic heterocycles. The van der Waals surface area contributed by atoms with Crippen molar-refractivity contribution in [1.82, 2.24) is 49.4 Å². The van der Waals surface area contributed by atoms with Crippen LogP contribution in [0.25, 0.3) is 34.1 Å². The summed E-state index contributed by atoms with van der Waals surface area (Å²) < 4.78 is 51.8. The van der Waals surface area contributed by atoms with Gasteiger partial charge in [-0.05, 0) is 110 Å². The Bertz CT molecular complexity index is 3230. The molecule has 6 aromatic heterocycles. The van der Waals surface area contributed by atoms with E-state index in [9.17, 15) is 8.78 Å². The first-order valence-corrected chi connectivity index (χ1v) is 28.1. The molecule has 21 heteroatoms. The fraction of sp³-hybridized carbons (Fsp3) is 0.414. The molecule has 10 heterocycles. The number of piperazine rings is 2. The zero-order valence-electron chi connectivity index (χ0n) is 45.3. The quantitative estimate of drug-likeness (QED) is 0.0769. The lowest BCUT2D eigenvalue weighted by Gasteiger charge is -2.36. The van der Waals surface area contributed by atoms with Crippen LogP contribution in [0, 0.1) is 11.6 Å². The SMILES string of the molecule is COC(CBr)OC.COC(CN1CCN(c2cccc(-c3cnc4ccc(N5CCC[C@@H]5c5cccc(F)c5)nn34)n2)CC1)OC.Fc1cccc([C@H]2CCCN2c2ccc3ncc(-c4cccc(N5CCNCC5)n4)n3n2)c1. The summed E-state index contributed by atoms with van der Waals surface area (Å²) >= 11 is 3.19. The number of methoxy groups -OCH3 is 4. The summed E-state index contributed by atoms with van der Waals surface area (Å²) in [5.41, 5.74) is 6.91. The van der Waals surface area contributed by atoms with Crippen LogP contribution in [0.2, 0.25) is 0 Å². The lowest BCUT2D eigenvalue weighted by molar-refractivity contribution is -0.116. The summed E-state index contributed by atoms with van der Waals surface area (Å²) in [7, 11) is 6.56. The first-order chi connectivity index (χ1) is 38.7. The summed E-state index contributed by atoms with van der Waals surface area (Å²) in [6, 6.07) is 34.2. The number of alkyl halides is 1. The molecule has 0 aliphatic carbocycles. The average Bonchev–Trinajstić information content (AvgIpc) is 4.48. The Kier molecular flexibility index (Phi) is 18.6. The van der Waals surface area contributed by atoms with Gasteiger partial charge in [0.05, 0.1) is 41.2 Å². The molecule has 1 N–H and O–H groups in total. The van der Waals surface area contributed by atoms with Gasteiger partial charge in [0, 0.05) is 100 Å². The molecular formula is C58H69BrF2N14O4. The van der Waals surface area contributed by atoms with E-state index >= 15 is 0 Å². The predicted molar refractivity (Wildman–Crippen MR) is 307 cm³/mol. The number of pyridine rings is 2. The van der Waals surface area contributed by atoms with Gasteiger partial charge in [0.2, 0.25) is 0 Å². The van der Waals surface area contributed by atoms with Gasteiger partial charge in [-0.2, -0.15) is 0 Å². The second kappa shape index (κ2) is 26.5. The van der Waals surface area contributed by atoms with Crippen molar-refractivity contribution in [2.75, 3.05) is 125 Å². The molecule has 2 atom stereocenters. The number of rotatable bonds is 15. The minimum Gasteiger partial charge on any atom is -0.355 e. The third-order valence-electron chi connectivity index (χ3n) is 15.0. The topological polar surface area (TPSA) is 151 Å². The number of hydrogen-bond donors (Lipinski definition) is 1. The standard InChI is InChI=1S/C29H34FN7O2.C25H26FN7.C4H9BrO2/c1-38-29(39-2)20-34-14-16-35(17-15-34)27-10-4-8-23(32-27)25-19-31-26-11-12-28(33-37(25)26)36-13-5-9-24(36)21-6-3-7-22(30)18-21;26-19-5-1-4-18(16-19)21-7-3-13-32(21)25-10-9-23-28-17-22(33(23)30-25)20-6-2-8-24(29-20)31-14-11-27-12-15-31;1-6-4(3-5)7-2/h3-4,6-8,10-12,18-19,24,29H,5,9,13-17,20H2,1-2H3;1-2,4-6,8-10,16-17,21,27H,3,7,11-15H2;4H,3H2,1-2H3/t24-;21-;/m11./s1. The summed E-state index contributed by atoms with van der Waals surface area (Å²) in [4.78, 5) is 30.6. The predicted octanol–water partition coefficient (Wildman–Crippen LogP) is 8.69. The smallest absolute Gasteiger partial charge is 0.169 e. The minimum atomic E-state index is -0.213. The number of hydrogen-bond acceptors (Lipinski definition) is 16. The van der Waals surface area contributed by atoms with Crippen molar-refractivity contribution in [3.63, 3.8) is 0 Å². The van der Waals surface area contributed by atoms with E-state index in [0.29, 0.717) is 0 Å². The molecule has 4 saturated heterocycles. The lowest BCUT2D eigenvalue weighted by Crippen LogP contribution is -2.49. The Morgan fingerprint density at radius 1 is 0.544 bits per heavy atom. The van der Waals surface area contributed by atoms with E-state index in [2.05, 4.69) is 67.8 Å². The molecule has 4 aliphatic rings. The highest BCUT2D eigenvalue weighted by Crippen LogP contribution is 2.38. The van der Waals surface area contributed by atoms with Crippen LogP contribution in [0.1, 0.15) is 48.9 Å². The summed E-state index contributed by atoms with van der Waals surface area (Å²) in [5, 5.41) is 14.1. The van der Waals surface area contributed by atoms with Crippen molar-refractivity contribution in [2.45, 2.75) is 50.3 Å². The maximum Gasteiger partial charge on any atom is 0.169 e. The second-order valence-corrected chi connectivity index (χ2v) is 20.4. The molecule has 0 bridgehead atoms. The van der Waals surface area contributed by atoms with E-state index in [-0.39, 0.29) is 36.3 Å². The van der Waals surface area contributed by atoms with E-state index in [1.54, 1.807) is 52.7 Å². The number of anilines is 4. The van der Waals surface area contributed by atoms with Gasteiger partial charge in [0.15, 0.2) is 23.9 Å². The van der Waals surface area contributed by atoms with E-state index < -0.39 is 0 Å². The highest BCUT2D eigenvalue weighted by Gasteiger charge is 2.30. The highest BCUT2D eigenvalue weighted by molar-refractivity contribution is 9.09. The summed E-state index contributed by atoms with van der Waals surface area (Å²) in [6.07, 6.45) is 7.39. The van der Waals surface area contributed by atoms with E-state index in [0.717, 1.165) is 171 Å². The molecule has 12 rings (SSSR count). The van der Waals surface area contributed by atoms with Crippen molar-refractivity contribution in [1.29, 1.82) is 0 Å². The van der Waals surface area contributed by atoms with Gasteiger partial charge >= 0.3 is 0 Å². The van der Waals surface area contributed by atoms with Crippen LogP contribution in [0.4, 0.5) is 32.1 Å². The van der Waals surface area contributed by atoms with Crippen LogP contribution in [-0.4, -0.2) is 162 Å². The Morgan fingerprint density at radius 2 is 1.01 bits per heavy atom. The lowest BCUT2D eigenvalue weighted by atomic mass is 10.0. The Labute approximate surface area is 468 Å². The van der Waals surface area contributed by atoms with E-state index in [1.165, 1.54) is 12.1 Å². The van der Waals surface area contributed by atoms with Gasteiger partial charge in [-0.25, -0.2) is 37.7 Å². The van der Waals surface area contributed by atoms with Crippen molar-refractivity contribution < 1.29 is 27.7 Å². The monoisotopic (exact) mass is 1140 g/mol. The molecule has 0 saturated carbocycles. The van der Waals surface area contributed by atoms with Crippen LogP contribution in [0.3, 0.4) is 0 Å². The number of aromatic nitrogens is 8. The Morgan fingerprint density at radius 3 is 1.46 bits per heavy atom. The zero-order chi connectivity index (χ0) is 54.7. The Hall–Kier alpha value is -6.72. The van der Waals surface area contributed by atoms with Gasteiger partial charge in [0.1, 0.15) is 46.3 Å². The fourth-order valence-corrected chi connectivity index (χ4v) is 11.3. The minimum absolute atomic E-state index is 0.0972. The van der Waals surface area contributed by atoms with Crippen LogP contribution >= 0.6 is 15.9 Å². The van der Waals surface area contributed by atoms with Crippen molar-refractivity contribution >= 4 is 50.5 Å². The summed E-state index contributed by atoms with van der Waals surface area (Å²) in [6.45, 7) is 9.93. The molecule has 8 aromatic rings. The molecule has 4 fully saturated rings. The Balaban J connectivity index is 0.000000161. The normalized spacial score (nSPS) is 17.9. The average molecular weight is 1140 g/mol. The van der Waals surface area contributed by atoms with Crippen LogP contribution < -0.4 is 24.9 Å². The maximum absolute atomic E-state index is 14.0. The molecule has 0 spiro atoms. The number of halogens is 3. The number of imidazole rings is 2. The highest BCUT2D eigenvalue weighted by atomic mass is 79.9. The van der Waals surface area contributed by atoms with Gasteiger partial charge in [-0.15, -0.1) is 10.2 Å². The van der Waals surface area contributed by atoms with Crippen LogP contribution in [-0.2, 0) is 18.9 Å². The van der Waals surface area contributed by atoms with Crippen molar-refractivity contribution in [3.8, 4) is 22.8 Å². The van der Waals surface area contributed by atoms with Crippen molar-refractivity contribution in [3.05, 3.63) is 144 Å². The van der Waals surface area contributed by atoms with Gasteiger partial charge in [0.25, 0.3) is 0 Å². The van der Waals surface area contributed by atoms with E-state index in [4.69, 9.17) is 39.1 Å². The number of nitrogens with one attached hydrogen (secondary N) is 1. The van der Waals surface area contributed by atoms with Gasteiger partial charge in [-0.3, -0.25) is 4.90 Å². The fourth-order valence-electron chi connectivity index (χ4n) is 10.8. The largest absolute Gasteiger partial charge is 0.355 e. The molecule has 0 amide bonds. The third-order valence-corrected chi connectivity index (χ3v) is 15.5. The molecule has 79 heavy (non-hydrogen) atoms. The molecule has 2 aromatic carbocycles. The molecule has 18 nitrogen and oxygen atoms in total.